The van der Waals surface area contributed by atoms with Gasteiger partial charge in [-0.2, -0.15) is 0 Å². The fraction of sp³-hybridized carbons (Fsp3) is 0.400. The minimum Gasteiger partial charge on any atom is -0.247 e. The van der Waals surface area contributed by atoms with E-state index in [-0.39, 0.29) is 12.3 Å². The summed E-state index contributed by atoms with van der Waals surface area (Å²) >= 11 is 0.183. The first-order valence-electron chi connectivity index (χ1n) is 2.55. The molecule has 0 aliphatic heterocycles. The van der Waals surface area contributed by atoms with Crippen molar-refractivity contribution in [2.24, 2.45) is 0 Å². The van der Waals surface area contributed by atoms with Gasteiger partial charge in [-0.15, -0.1) is 3.89 Å². The van der Waals surface area contributed by atoms with E-state index in [1.54, 1.807) is 13.1 Å². The van der Waals surface area contributed by atoms with Gasteiger partial charge in [-0.3, -0.25) is 0 Å². The highest BCUT2D eigenvalue weighted by Crippen LogP contribution is 2.13. The van der Waals surface area contributed by atoms with Crippen LogP contribution in [0.1, 0.15) is 11.5 Å². The first-order valence-corrected chi connectivity index (χ1v) is 3.23. The monoisotopic (exact) mass is 146 g/mol. The van der Waals surface area contributed by atoms with Crippen molar-refractivity contribution in [2.75, 3.05) is 0 Å². The van der Waals surface area contributed by atoms with Crippen LogP contribution in [0.3, 0.4) is 0 Å². The van der Waals surface area contributed by atoms with E-state index in [2.05, 4.69) is 4.98 Å². The number of nitrogens with zero attached hydrogens (tertiary/aromatic N) is 2. The van der Waals surface area contributed by atoms with E-state index in [9.17, 15) is 3.89 Å². The molecule has 4 heteroatoms. The molecule has 0 aromatic carbocycles. The van der Waals surface area contributed by atoms with Crippen molar-refractivity contribution in [3.8, 4) is 0 Å². The van der Waals surface area contributed by atoms with E-state index in [1.165, 1.54) is 3.97 Å². The van der Waals surface area contributed by atoms with Crippen LogP contribution in [0.4, 0.5) is 3.89 Å². The van der Waals surface area contributed by atoms with E-state index >= 15 is 0 Å². The predicted molar refractivity (Wildman–Crippen MR) is 35.8 cm³/mol. The number of hydrogen-bond donors (Lipinski definition) is 0. The molecule has 0 spiro atoms. The van der Waals surface area contributed by atoms with Crippen LogP contribution < -0.4 is 0 Å². The molecular formula is C5H7FN2S. The first-order chi connectivity index (χ1) is 4.25. The minimum atomic E-state index is 0.183. The molecule has 0 amide bonds. The van der Waals surface area contributed by atoms with Gasteiger partial charge in [-0.05, 0) is 13.8 Å². The van der Waals surface area contributed by atoms with Crippen molar-refractivity contribution in [1.29, 1.82) is 0 Å². The molecule has 1 rings (SSSR count). The lowest BCUT2D eigenvalue weighted by atomic mass is 10.6. The molecule has 2 nitrogen and oxygen atoms in total. The third kappa shape index (κ3) is 1.08. The molecule has 0 atom stereocenters. The quantitative estimate of drug-likeness (QED) is 0.602. The van der Waals surface area contributed by atoms with Crippen LogP contribution in [-0.2, 0) is 0 Å². The van der Waals surface area contributed by atoms with Crippen LogP contribution >= 0.6 is 12.3 Å². The Bertz CT molecular complexity index is 189. The van der Waals surface area contributed by atoms with Crippen molar-refractivity contribution in [2.45, 2.75) is 13.8 Å². The van der Waals surface area contributed by atoms with Gasteiger partial charge < -0.3 is 0 Å². The van der Waals surface area contributed by atoms with E-state index < -0.39 is 0 Å². The van der Waals surface area contributed by atoms with Crippen molar-refractivity contribution in [3.05, 3.63) is 17.7 Å². The maximum absolute atomic E-state index is 11.9. The normalized spacial score (nSPS) is 10.1. The molecule has 1 aromatic heterocycles. The zero-order chi connectivity index (χ0) is 6.85. The van der Waals surface area contributed by atoms with E-state index in [0.29, 0.717) is 5.82 Å². The van der Waals surface area contributed by atoms with Crippen LogP contribution in [0, 0.1) is 13.8 Å². The number of rotatable bonds is 1. The summed E-state index contributed by atoms with van der Waals surface area (Å²) in [6, 6.07) is 0. The summed E-state index contributed by atoms with van der Waals surface area (Å²) < 4.78 is 13.4. The van der Waals surface area contributed by atoms with Crippen LogP contribution in [0.25, 0.3) is 0 Å². The second-order valence-electron chi connectivity index (χ2n) is 1.81. The van der Waals surface area contributed by atoms with E-state index in [0.717, 1.165) is 5.69 Å². The molecule has 0 N–H and O–H groups in total. The maximum atomic E-state index is 11.9. The summed E-state index contributed by atoms with van der Waals surface area (Å²) in [5, 5.41) is 0. The molecule has 50 valence electrons. The summed E-state index contributed by atoms with van der Waals surface area (Å²) in [5.41, 5.74) is 0.833. The van der Waals surface area contributed by atoms with Crippen LogP contribution in [0.15, 0.2) is 6.20 Å². The average molecular weight is 146 g/mol. The number of hydrogen-bond acceptors (Lipinski definition) is 2. The molecule has 0 bridgehead atoms. The van der Waals surface area contributed by atoms with Gasteiger partial charge in [0.1, 0.15) is 5.82 Å². The zero-order valence-corrected chi connectivity index (χ0v) is 6.07. The molecule has 0 radical (unpaired) electrons. The Morgan fingerprint density at radius 1 is 1.67 bits per heavy atom. The largest absolute Gasteiger partial charge is 0.247 e. The van der Waals surface area contributed by atoms with Gasteiger partial charge in [0, 0.05) is 11.9 Å². The van der Waals surface area contributed by atoms with Gasteiger partial charge in [0.15, 0.2) is 12.3 Å². The average Bonchev–Trinajstić information content (AvgIpc) is 2.12. The summed E-state index contributed by atoms with van der Waals surface area (Å²) in [6.07, 6.45) is 1.64. The summed E-state index contributed by atoms with van der Waals surface area (Å²) in [7, 11) is 0. The van der Waals surface area contributed by atoms with Gasteiger partial charge in [0.2, 0.25) is 0 Å². The Labute approximate surface area is 57.5 Å². The van der Waals surface area contributed by atoms with E-state index in [4.69, 9.17) is 0 Å². The smallest absolute Gasteiger partial charge is 0.171 e. The number of aromatic nitrogens is 2. The van der Waals surface area contributed by atoms with Crippen molar-refractivity contribution in [3.63, 3.8) is 0 Å². The highest BCUT2D eigenvalue weighted by molar-refractivity contribution is 7.92. The van der Waals surface area contributed by atoms with Crippen LogP contribution in [0.5, 0.6) is 0 Å². The minimum absolute atomic E-state index is 0.183. The number of aryl methyl sites for hydroxylation is 2. The predicted octanol–water partition coefficient (Wildman–Crippen LogP) is 1.88. The molecular weight excluding hydrogens is 139 g/mol. The summed E-state index contributed by atoms with van der Waals surface area (Å²) in [5.74, 6) is 0.694. The highest BCUT2D eigenvalue weighted by atomic mass is 32.2. The third-order valence-electron chi connectivity index (χ3n) is 1.12. The molecule has 0 saturated carbocycles. The zero-order valence-electron chi connectivity index (χ0n) is 5.26. The van der Waals surface area contributed by atoms with Gasteiger partial charge in [0.05, 0.1) is 0 Å². The van der Waals surface area contributed by atoms with Gasteiger partial charge in [-0.1, -0.05) is 0 Å². The lowest BCUT2D eigenvalue weighted by Gasteiger charge is -1.94. The van der Waals surface area contributed by atoms with Crippen molar-refractivity contribution < 1.29 is 3.89 Å². The second-order valence-corrected chi connectivity index (χ2v) is 2.31. The fourth-order valence-electron chi connectivity index (χ4n) is 0.651. The topological polar surface area (TPSA) is 17.8 Å². The van der Waals surface area contributed by atoms with Crippen LogP contribution in [-0.4, -0.2) is 8.96 Å². The Hall–Kier alpha value is -0.510. The molecule has 1 heterocycles. The summed E-state index contributed by atoms with van der Waals surface area (Å²) in [4.78, 5) is 3.89. The second kappa shape index (κ2) is 2.39. The first kappa shape index (κ1) is 6.61. The SMILES string of the molecule is Cc1cnc(C)n1SF. The molecule has 1 aromatic rings. The number of halogens is 1. The van der Waals surface area contributed by atoms with E-state index in [1.807, 2.05) is 6.92 Å². The lowest BCUT2D eigenvalue weighted by Crippen LogP contribution is -1.88. The molecule has 0 fully saturated rings. The number of imidazole rings is 1. The van der Waals surface area contributed by atoms with Gasteiger partial charge in [0.25, 0.3) is 0 Å². The Morgan fingerprint density at radius 3 is 2.56 bits per heavy atom. The molecule has 0 aliphatic carbocycles. The Balaban J connectivity index is 3.07. The Kier molecular flexibility index (Phi) is 1.75. The molecule has 0 saturated heterocycles. The Morgan fingerprint density at radius 2 is 2.33 bits per heavy atom. The van der Waals surface area contributed by atoms with Crippen molar-refractivity contribution >= 4 is 12.3 Å². The van der Waals surface area contributed by atoms with Crippen molar-refractivity contribution in [1.82, 2.24) is 8.96 Å². The van der Waals surface area contributed by atoms with Crippen LogP contribution in [0.2, 0.25) is 0 Å². The fourth-order valence-corrected chi connectivity index (χ4v) is 0.954. The standard InChI is InChI=1S/C5H7FN2S/c1-4-3-7-5(2)8(4)9-6/h3H,1-2H3. The molecule has 0 unspecified atom stereocenters. The van der Waals surface area contributed by atoms with Gasteiger partial charge >= 0.3 is 0 Å². The third-order valence-corrected chi connectivity index (χ3v) is 1.81. The maximum Gasteiger partial charge on any atom is 0.171 e. The summed E-state index contributed by atoms with van der Waals surface area (Å²) in [6.45, 7) is 3.58. The lowest BCUT2D eigenvalue weighted by molar-refractivity contribution is 0.898. The van der Waals surface area contributed by atoms with Gasteiger partial charge in [-0.25, -0.2) is 8.96 Å². The molecule has 9 heavy (non-hydrogen) atoms. The molecule has 0 aliphatic rings. The highest BCUT2D eigenvalue weighted by Gasteiger charge is 2.00.